The lowest BCUT2D eigenvalue weighted by Gasteiger charge is -2.33. The van der Waals surface area contributed by atoms with E-state index in [9.17, 15) is 9.59 Å². The van der Waals surface area contributed by atoms with E-state index in [4.69, 9.17) is 5.73 Å². The van der Waals surface area contributed by atoms with Gasteiger partial charge in [-0.3, -0.25) is 4.79 Å². The van der Waals surface area contributed by atoms with Crippen molar-refractivity contribution < 1.29 is 9.59 Å². The van der Waals surface area contributed by atoms with Crippen LogP contribution in [0.2, 0.25) is 0 Å². The summed E-state index contributed by atoms with van der Waals surface area (Å²) >= 11 is 1.48. The summed E-state index contributed by atoms with van der Waals surface area (Å²) in [5.41, 5.74) is 5.24. The molecule has 2 unspecified atom stereocenters. The Morgan fingerprint density at radius 1 is 1.35 bits per heavy atom. The molecule has 2 atom stereocenters. The summed E-state index contributed by atoms with van der Waals surface area (Å²) in [5, 5.41) is 7.61. The van der Waals surface area contributed by atoms with Crippen molar-refractivity contribution in [3.8, 4) is 0 Å². The maximum atomic E-state index is 12.5. The molecule has 1 aliphatic heterocycles. The first-order chi connectivity index (χ1) is 12.6. The molecule has 1 aliphatic rings. The van der Waals surface area contributed by atoms with Gasteiger partial charge in [0.15, 0.2) is 0 Å². The molecule has 26 heavy (non-hydrogen) atoms. The fourth-order valence-corrected chi connectivity index (χ4v) is 3.87. The van der Waals surface area contributed by atoms with Crippen LogP contribution in [-0.4, -0.2) is 41.0 Å². The zero-order valence-electron chi connectivity index (χ0n) is 14.3. The number of rotatable bonds is 6. The number of hydrogen-bond donors (Lipinski definition) is 3. The molecule has 2 aromatic rings. The highest BCUT2D eigenvalue weighted by atomic mass is 32.1. The molecule has 1 fully saturated rings. The summed E-state index contributed by atoms with van der Waals surface area (Å²) in [6, 6.07) is 4.52. The lowest BCUT2D eigenvalue weighted by molar-refractivity contribution is -0.122. The lowest BCUT2D eigenvalue weighted by atomic mass is 10.1. The lowest BCUT2D eigenvalue weighted by Crippen LogP contribution is -2.49. The van der Waals surface area contributed by atoms with E-state index >= 15 is 0 Å². The third-order valence-corrected chi connectivity index (χ3v) is 5.20. The molecule has 1 saturated heterocycles. The Morgan fingerprint density at radius 3 is 2.85 bits per heavy atom. The van der Waals surface area contributed by atoms with E-state index in [1.54, 1.807) is 18.5 Å². The van der Waals surface area contributed by atoms with Crippen molar-refractivity contribution in [2.75, 3.05) is 18.0 Å². The second-order valence-electron chi connectivity index (χ2n) is 6.18. The molecule has 0 aromatic carbocycles. The van der Waals surface area contributed by atoms with Crippen LogP contribution in [0.3, 0.4) is 0 Å². The number of urea groups is 1. The number of aromatic nitrogens is 2. The highest BCUT2D eigenvalue weighted by Gasteiger charge is 2.25. The Bertz CT molecular complexity index is 724. The Morgan fingerprint density at radius 2 is 2.15 bits per heavy atom. The average molecular weight is 374 g/mol. The van der Waals surface area contributed by atoms with Crippen LogP contribution in [0.15, 0.2) is 36.0 Å². The molecule has 0 bridgehead atoms. The third-order valence-electron chi connectivity index (χ3n) is 4.21. The van der Waals surface area contributed by atoms with Crippen molar-refractivity contribution in [3.63, 3.8) is 0 Å². The first kappa shape index (κ1) is 18.1. The van der Waals surface area contributed by atoms with Crippen LogP contribution in [0.5, 0.6) is 0 Å². The summed E-state index contributed by atoms with van der Waals surface area (Å²) < 4.78 is 0. The number of primary amides is 1. The van der Waals surface area contributed by atoms with Crippen LogP contribution in [0.1, 0.15) is 30.2 Å². The van der Waals surface area contributed by atoms with Gasteiger partial charge in [0.2, 0.25) is 11.9 Å². The topological polar surface area (TPSA) is 113 Å². The molecule has 9 heteroatoms. The first-order valence-corrected chi connectivity index (χ1v) is 9.40. The smallest absolute Gasteiger partial charge is 0.312 e. The predicted octanol–water partition coefficient (Wildman–Crippen LogP) is 1.42. The monoisotopic (exact) mass is 374 g/mol. The highest BCUT2D eigenvalue weighted by Crippen LogP contribution is 2.22. The minimum atomic E-state index is -0.638. The third kappa shape index (κ3) is 4.92. The number of carbonyl (C=O) groups is 2. The number of thiophene rings is 1. The Kier molecular flexibility index (Phi) is 6.00. The van der Waals surface area contributed by atoms with Crippen molar-refractivity contribution in [1.82, 2.24) is 20.6 Å². The minimum absolute atomic E-state index is 0.0256. The van der Waals surface area contributed by atoms with Crippen molar-refractivity contribution in [3.05, 3.63) is 40.8 Å². The summed E-state index contributed by atoms with van der Waals surface area (Å²) in [4.78, 5) is 35.3. The number of hydrogen-bond acceptors (Lipinski definition) is 6. The van der Waals surface area contributed by atoms with E-state index in [0.29, 0.717) is 12.5 Å². The molecular formula is C17H22N6O2S. The number of nitrogens with two attached hydrogens (primary N) is 1. The zero-order valence-corrected chi connectivity index (χ0v) is 15.1. The minimum Gasteiger partial charge on any atom is -0.352 e. The number of carbonyl (C=O) groups excluding carboxylic acids is 2. The number of nitrogens with zero attached hydrogens (tertiary/aromatic N) is 3. The van der Waals surface area contributed by atoms with Crippen molar-refractivity contribution >= 4 is 29.2 Å². The molecule has 0 spiro atoms. The van der Waals surface area contributed by atoms with Crippen LogP contribution in [0.4, 0.5) is 10.7 Å². The van der Waals surface area contributed by atoms with Gasteiger partial charge in [-0.1, -0.05) is 6.07 Å². The van der Waals surface area contributed by atoms with Gasteiger partial charge in [0, 0.05) is 36.4 Å². The molecule has 0 saturated carbocycles. The van der Waals surface area contributed by atoms with Crippen LogP contribution >= 0.6 is 11.3 Å². The molecule has 138 valence electrons. The van der Waals surface area contributed by atoms with Crippen molar-refractivity contribution in [2.24, 2.45) is 5.73 Å². The van der Waals surface area contributed by atoms with Gasteiger partial charge in [-0.25, -0.2) is 14.8 Å². The second-order valence-corrected chi connectivity index (χ2v) is 7.16. The van der Waals surface area contributed by atoms with E-state index in [2.05, 4.69) is 25.5 Å². The van der Waals surface area contributed by atoms with E-state index in [-0.39, 0.29) is 18.4 Å². The van der Waals surface area contributed by atoms with E-state index in [1.807, 2.05) is 17.5 Å². The summed E-state index contributed by atoms with van der Waals surface area (Å²) in [7, 11) is 0. The molecule has 0 aliphatic carbocycles. The van der Waals surface area contributed by atoms with Gasteiger partial charge in [-0.2, -0.15) is 0 Å². The van der Waals surface area contributed by atoms with Crippen LogP contribution in [0, 0.1) is 0 Å². The Hall–Kier alpha value is -2.68. The second kappa shape index (κ2) is 8.61. The summed E-state index contributed by atoms with van der Waals surface area (Å²) in [6.07, 6.45) is 5.44. The molecule has 2 aromatic heterocycles. The number of anilines is 1. The predicted molar refractivity (Wildman–Crippen MR) is 99.8 cm³/mol. The fraction of sp³-hybridized carbons (Fsp3) is 0.412. The molecule has 0 radical (unpaired) electrons. The van der Waals surface area contributed by atoms with E-state index in [1.165, 1.54) is 11.3 Å². The SMILES string of the molecule is NC(=O)NC(CC(=O)NC1CCCN(c2ncccn2)C1)c1cccs1. The maximum absolute atomic E-state index is 12.5. The van der Waals surface area contributed by atoms with Gasteiger partial charge in [0.1, 0.15) is 0 Å². The molecule has 8 nitrogen and oxygen atoms in total. The largest absolute Gasteiger partial charge is 0.352 e. The van der Waals surface area contributed by atoms with Crippen LogP contribution in [-0.2, 0) is 4.79 Å². The van der Waals surface area contributed by atoms with Gasteiger partial charge >= 0.3 is 6.03 Å². The first-order valence-electron chi connectivity index (χ1n) is 8.52. The fourth-order valence-electron chi connectivity index (χ4n) is 3.09. The number of amides is 3. The maximum Gasteiger partial charge on any atom is 0.312 e. The molecule has 3 amide bonds. The number of piperidine rings is 1. The van der Waals surface area contributed by atoms with Gasteiger partial charge in [-0.05, 0) is 30.4 Å². The van der Waals surface area contributed by atoms with E-state index < -0.39 is 12.1 Å². The summed E-state index contributed by atoms with van der Waals surface area (Å²) in [5.74, 6) is 0.566. The van der Waals surface area contributed by atoms with Crippen molar-refractivity contribution in [2.45, 2.75) is 31.3 Å². The van der Waals surface area contributed by atoms with Crippen LogP contribution < -0.4 is 21.3 Å². The van der Waals surface area contributed by atoms with Crippen LogP contribution in [0.25, 0.3) is 0 Å². The quantitative estimate of drug-likeness (QED) is 0.708. The summed E-state index contributed by atoms with van der Waals surface area (Å²) in [6.45, 7) is 1.54. The van der Waals surface area contributed by atoms with Gasteiger partial charge < -0.3 is 21.3 Å². The highest BCUT2D eigenvalue weighted by molar-refractivity contribution is 7.10. The molecule has 3 rings (SSSR count). The van der Waals surface area contributed by atoms with Gasteiger partial charge in [0.25, 0.3) is 0 Å². The normalized spacial score (nSPS) is 18.2. The average Bonchev–Trinajstić information content (AvgIpc) is 3.16. The van der Waals surface area contributed by atoms with E-state index in [0.717, 1.165) is 24.3 Å². The molecule has 4 N–H and O–H groups in total. The Labute approximate surface area is 155 Å². The Balaban J connectivity index is 1.57. The number of nitrogens with one attached hydrogen (secondary N) is 2. The standard InChI is InChI=1S/C17H22N6O2S/c18-16(25)22-13(14-5-2-9-26-14)10-15(24)21-12-4-1-8-23(11-12)17-19-6-3-7-20-17/h2-3,5-7,9,12-13H,1,4,8,10-11H2,(H,21,24)(H3,18,22,25). The molecular weight excluding hydrogens is 352 g/mol. The molecule has 3 heterocycles. The van der Waals surface area contributed by atoms with Gasteiger partial charge in [0.05, 0.1) is 12.5 Å². The van der Waals surface area contributed by atoms with Crippen molar-refractivity contribution in [1.29, 1.82) is 0 Å². The van der Waals surface area contributed by atoms with Gasteiger partial charge in [-0.15, -0.1) is 11.3 Å². The zero-order chi connectivity index (χ0) is 18.4.